The first-order chi connectivity index (χ1) is 14.9. The molecule has 0 N–H and O–H groups in total. The predicted octanol–water partition coefficient (Wildman–Crippen LogP) is 3.18. The van der Waals surface area contributed by atoms with Crippen molar-refractivity contribution in [2.75, 3.05) is 50.8 Å². The number of carbonyl (C=O) groups is 2. The van der Waals surface area contributed by atoms with E-state index in [4.69, 9.17) is 4.74 Å². The van der Waals surface area contributed by atoms with Gasteiger partial charge in [0, 0.05) is 44.2 Å². The zero-order valence-corrected chi connectivity index (χ0v) is 18.9. The number of hydrogen-bond acceptors (Lipinski definition) is 4. The summed E-state index contributed by atoms with van der Waals surface area (Å²) in [5.41, 5.74) is 3.87. The van der Waals surface area contributed by atoms with Gasteiger partial charge in [-0.05, 0) is 69.3 Å². The third kappa shape index (κ3) is 4.29. The van der Waals surface area contributed by atoms with Gasteiger partial charge in [0.15, 0.2) is 6.61 Å². The van der Waals surface area contributed by atoms with Crippen molar-refractivity contribution in [3.8, 4) is 11.8 Å². The molecule has 2 saturated heterocycles. The van der Waals surface area contributed by atoms with E-state index in [1.165, 1.54) is 11.1 Å². The first-order valence-corrected chi connectivity index (χ1v) is 11.4. The van der Waals surface area contributed by atoms with Gasteiger partial charge in [0.05, 0.1) is 0 Å². The van der Waals surface area contributed by atoms with Crippen molar-refractivity contribution in [1.82, 2.24) is 9.80 Å². The van der Waals surface area contributed by atoms with Crippen LogP contribution in [0.5, 0.6) is 0 Å². The van der Waals surface area contributed by atoms with E-state index in [0.717, 1.165) is 64.2 Å². The first-order valence-electron chi connectivity index (χ1n) is 11.4. The van der Waals surface area contributed by atoms with Gasteiger partial charge in [-0.3, -0.25) is 4.79 Å². The molecule has 2 amide bonds. The van der Waals surface area contributed by atoms with Gasteiger partial charge in [0.2, 0.25) is 5.91 Å². The molecule has 0 radical (unpaired) electrons. The Morgan fingerprint density at radius 1 is 1.23 bits per heavy atom. The lowest BCUT2D eigenvalue weighted by atomic mass is 9.72. The fraction of sp³-hybridized carbons (Fsp3) is 0.600. The van der Waals surface area contributed by atoms with E-state index < -0.39 is 0 Å². The van der Waals surface area contributed by atoms with Gasteiger partial charge in [0.25, 0.3) is 0 Å². The second-order valence-electron chi connectivity index (χ2n) is 9.24. The molecule has 0 unspecified atom stereocenters. The fourth-order valence-corrected chi connectivity index (χ4v) is 5.66. The van der Waals surface area contributed by atoms with Crippen molar-refractivity contribution in [2.45, 2.75) is 45.4 Å². The first kappa shape index (κ1) is 21.7. The Morgan fingerprint density at radius 2 is 2.00 bits per heavy atom. The number of fused-ring (bicyclic) bond motifs is 2. The van der Waals surface area contributed by atoms with Crippen molar-refractivity contribution in [1.29, 1.82) is 0 Å². The molecule has 166 valence electrons. The Labute approximate surface area is 185 Å². The fourth-order valence-electron chi connectivity index (χ4n) is 5.66. The quantitative estimate of drug-likeness (QED) is 0.701. The Kier molecular flexibility index (Phi) is 6.24. The van der Waals surface area contributed by atoms with Crippen LogP contribution < -0.4 is 4.90 Å². The molecule has 1 aromatic rings. The lowest BCUT2D eigenvalue weighted by molar-refractivity contribution is -0.116. The largest absolute Gasteiger partial charge is 0.436 e. The molecule has 1 aromatic carbocycles. The number of rotatable bonds is 3. The minimum absolute atomic E-state index is 0.0781. The molecule has 6 nitrogen and oxygen atoms in total. The maximum atomic E-state index is 12.3. The average Bonchev–Trinajstić information content (AvgIpc) is 3.34. The Hall–Kier alpha value is -2.52. The number of piperidine rings is 1. The van der Waals surface area contributed by atoms with Crippen LogP contribution in [-0.2, 0) is 14.9 Å². The van der Waals surface area contributed by atoms with Crippen LogP contribution in [0.2, 0.25) is 0 Å². The molecular formula is C25H33N3O3. The number of aryl methyl sites for hydroxylation is 1. The van der Waals surface area contributed by atoms with Crippen molar-refractivity contribution < 1.29 is 14.3 Å². The van der Waals surface area contributed by atoms with Crippen molar-refractivity contribution >= 4 is 17.7 Å². The molecular weight excluding hydrogens is 390 g/mol. The number of likely N-dealkylation sites (tertiary alicyclic amines) is 2. The summed E-state index contributed by atoms with van der Waals surface area (Å²) in [5.74, 6) is 6.14. The maximum absolute atomic E-state index is 12.3. The minimum atomic E-state index is -0.245. The van der Waals surface area contributed by atoms with E-state index in [2.05, 4.69) is 41.9 Å². The average molecular weight is 424 g/mol. The number of anilines is 1. The zero-order valence-electron chi connectivity index (χ0n) is 18.9. The lowest BCUT2D eigenvalue weighted by Gasteiger charge is -2.41. The van der Waals surface area contributed by atoms with Crippen molar-refractivity contribution in [3.05, 3.63) is 29.3 Å². The highest BCUT2D eigenvalue weighted by Crippen LogP contribution is 2.48. The molecule has 2 fully saturated rings. The van der Waals surface area contributed by atoms with Crippen LogP contribution in [0.25, 0.3) is 0 Å². The highest BCUT2D eigenvalue weighted by molar-refractivity contribution is 5.95. The van der Waals surface area contributed by atoms with Crippen molar-refractivity contribution in [2.24, 2.45) is 5.92 Å². The Bertz CT molecular complexity index is 908. The van der Waals surface area contributed by atoms with E-state index in [1.54, 1.807) is 13.8 Å². The molecule has 3 heterocycles. The third-order valence-corrected chi connectivity index (χ3v) is 7.23. The smallest absolute Gasteiger partial charge is 0.410 e. The monoisotopic (exact) mass is 423 g/mol. The van der Waals surface area contributed by atoms with Crippen LogP contribution in [0.1, 0.15) is 44.2 Å². The number of carbonyl (C=O) groups excluding carboxylic acids is 2. The molecule has 31 heavy (non-hydrogen) atoms. The Balaban J connectivity index is 1.34. The summed E-state index contributed by atoms with van der Waals surface area (Å²) in [6.45, 7) is 11.2. The SMILES string of the molecule is CC#CCOC(=O)N1CC[C@H](CN2CCC3(CC2)CN(C(C)=O)c2cccc(C)c23)C1. The van der Waals surface area contributed by atoms with Crippen molar-refractivity contribution in [3.63, 3.8) is 0 Å². The molecule has 4 rings (SSSR count). The standard InChI is InChI=1S/C25H33N3O3/c1-4-5-15-31-24(30)27-12-9-21(17-27)16-26-13-10-25(11-14-26)18-28(20(3)29)22-8-6-7-19(2)23(22)25/h6-8,21H,9-18H2,1-3H3/t21-/m1/s1. The predicted molar refractivity (Wildman–Crippen MR) is 121 cm³/mol. The van der Waals surface area contributed by atoms with Crippen LogP contribution in [0.3, 0.4) is 0 Å². The van der Waals surface area contributed by atoms with Crippen LogP contribution in [0.15, 0.2) is 18.2 Å². The zero-order chi connectivity index (χ0) is 22.0. The molecule has 1 atom stereocenters. The topological polar surface area (TPSA) is 53.1 Å². The van der Waals surface area contributed by atoms with Crippen LogP contribution >= 0.6 is 0 Å². The van der Waals surface area contributed by atoms with E-state index in [9.17, 15) is 9.59 Å². The number of nitrogens with zero attached hydrogens (tertiary/aromatic N) is 3. The van der Waals surface area contributed by atoms with Crippen LogP contribution in [-0.4, -0.2) is 67.7 Å². The number of ether oxygens (including phenoxy) is 1. The number of amides is 2. The second kappa shape index (κ2) is 8.92. The molecule has 0 bridgehead atoms. The van der Waals surface area contributed by atoms with Crippen LogP contribution in [0, 0.1) is 24.7 Å². The highest BCUT2D eigenvalue weighted by Gasteiger charge is 2.46. The Morgan fingerprint density at radius 3 is 2.71 bits per heavy atom. The van der Waals surface area contributed by atoms with Gasteiger partial charge in [-0.15, -0.1) is 5.92 Å². The molecule has 1 spiro atoms. The molecule has 0 saturated carbocycles. The van der Waals surface area contributed by atoms with E-state index in [1.807, 2.05) is 9.80 Å². The number of hydrogen-bond donors (Lipinski definition) is 0. The van der Waals surface area contributed by atoms with Gasteiger partial charge in [0.1, 0.15) is 0 Å². The maximum Gasteiger partial charge on any atom is 0.410 e. The summed E-state index contributed by atoms with van der Waals surface area (Å²) >= 11 is 0. The molecule has 3 aliphatic rings. The van der Waals surface area contributed by atoms with Gasteiger partial charge in [-0.2, -0.15) is 0 Å². The van der Waals surface area contributed by atoms with Crippen LogP contribution in [0.4, 0.5) is 10.5 Å². The number of benzene rings is 1. The van der Waals surface area contributed by atoms with E-state index in [0.29, 0.717) is 5.92 Å². The molecule has 3 aliphatic heterocycles. The van der Waals surface area contributed by atoms with Gasteiger partial charge >= 0.3 is 6.09 Å². The van der Waals surface area contributed by atoms with Gasteiger partial charge < -0.3 is 19.4 Å². The van der Waals surface area contributed by atoms with E-state index in [-0.39, 0.29) is 24.0 Å². The summed E-state index contributed by atoms with van der Waals surface area (Å²) < 4.78 is 5.21. The molecule has 0 aliphatic carbocycles. The highest BCUT2D eigenvalue weighted by atomic mass is 16.6. The van der Waals surface area contributed by atoms with Gasteiger partial charge in [-0.25, -0.2) is 4.79 Å². The summed E-state index contributed by atoms with van der Waals surface area (Å²) in [7, 11) is 0. The third-order valence-electron chi connectivity index (χ3n) is 7.23. The second-order valence-corrected chi connectivity index (χ2v) is 9.24. The molecule has 0 aromatic heterocycles. The summed E-state index contributed by atoms with van der Waals surface area (Å²) in [6.07, 6.45) is 2.92. The minimum Gasteiger partial charge on any atom is -0.436 e. The summed E-state index contributed by atoms with van der Waals surface area (Å²) in [5, 5.41) is 0. The lowest BCUT2D eigenvalue weighted by Crippen LogP contribution is -2.47. The normalized spacial score (nSPS) is 22.2. The summed E-state index contributed by atoms with van der Waals surface area (Å²) in [4.78, 5) is 30.8. The summed E-state index contributed by atoms with van der Waals surface area (Å²) in [6, 6.07) is 6.34. The van der Waals surface area contributed by atoms with E-state index >= 15 is 0 Å². The van der Waals surface area contributed by atoms with Gasteiger partial charge in [-0.1, -0.05) is 18.1 Å². The molecule has 6 heteroatoms.